The fourth-order valence-electron chi connectivity index (χ4n) is 2.44. The van der Waals surface area contributed by atoms with Crippen molar-refractivity contribution in [3.8, 4) is 33.2 Å². The van der Waals surface area contributed by atoms with E-state index in [0.717, 1.165) is 44.5 Å². The molecule has 0 atom stereocenters. The second kappa shape index (κ2) is 6.38. The van der Waals surface area contributed by atoms with E-state index in [1.54, 1.807) is 14.2 Å². The van der Waals surface area contributed by atoms with Crippen molar-refractivity contribution in [2.45, 2.75) is 13.8 Å². The van der Waals surface area contributed by atoms with E-state index in [9.17, 15) is 0 Å². The van der Waals surface area contributed by atoms with Gasteiger partial charge in [0.2, 0.25) is 0 Å². The fraction of sp³-hybridized carbons (Fsp3) is 0.222. The summed E-state index contributed by atoms with van der Waals surface area (Å²) in [6.45, 7) is 4.01. The molecule has 2 heterocycles. The lowest BCUT2D eigenvalue weighted by Gasteiger charge is -2.10. The van der Waals surface area contributed by atoms with Gasteiger partial charge in [0.25, 0.3) is 0 Å². The van der Waals surface area contributed by atoms with Crippen LogP contribution in [0.1, 0.15) is 11.3 Å². The molecule has 5 heteroatoms. The van der Waals surface area contributed by atoms with E-state index in [2.05, 4.69) is 4.37 Å². The minimum absolute atomic E-state index is 0.837. The van der Waals surface area contributed by atoms with Crippen molar-refractivity contribution in [1.29, 1.82) is 0 Å². The number of nitrogens with zero attached hydrogens (tertiary/aromatic N) is 2. The minimum Gasteiger partial charge on any atom is -0.497 e. The van der Waals surface area contributed by atoms with E-state index in [-0.39, 0.29) is 0 Å². The normalized spacial score (nSPS) is 10.6. The second-order valence-electron chi connectivity index (χ2n) is 5.22. The highest BCUT2D eigenvalue weighted by atomic mass is 32.1. The molecule has 0 bridgehead atoms. The Morgan fingerprint density at radius 3 is 2.39 bits per heavy atom. The molecule has 0 aliphatic carbocycles. The summed E-state index contributed by atoms with van der Waals surface area (Å²) >= 11 is 1.44. The molecule has 4 nitrogen and oxygen atoms in total. The molecule has 23 heavy (non-hydrogen) atoms. The van der Waals surface area contributed by atoms with E-state index in [0.29, 0.717) is 0 Å². The number of aryl methyl sites for hydroxylation is 1. The van der Waals surface area contributed by atoms with Crippen LogP contribution in [0.3, 0.4) is 0 Å². The van der Waals surface area contributed by atoms with E-state index < -0.39 is 0 Å². The number of methoxy groups -OCH3 is 2. The summed E-state index contributed by atoms with van der Waals surface area (Å²) in [6.07, 6.45) is 1.88. The summed E-state index contributed by atoms with van der Waals surface area (Å²) in [4.78, 5) is 5.75. The Labute approximate surface area is 139 Å². The minimum atomic E-state index is 0.837. The van der Waals surface area contributed by atoms with Gasteiger partial charge in [-0.05, 0) is 43.1 Å². The molecule has 3 aromatic rings. The van der Waals surface area contributed by atoms with Crippen LogP contribution in [-0.2, 0) is 0 Å². The van der Waals surface area contributed by atoms with Crippen LogP contribution in [0.5, 0.6) is 11.5 Å². The lowest BCUT2D eigenvalue weighted by Crippen LogP contribution is -1.95. The molecule has 0 aliphatic heterocycles. The number of pyridine rings is 1. The first-order valence-electron chi connectivity index (χ1n) is 7.25. The predicted molar refractivity (Wildman–Crippen MR) is 93.4 cm³/mol. The maximum absolute atomic E-state index is 5.47. The molecule has 1 aromatic carbocycles. The highest BCUT2D eigenvalue weighted by molar-refractivity contribution is 7.10. The fourth-order valence-corrected chi connectivity index (χ4v) is 3.17. The summed E-state index contributed by atoms with van der Waals surface area (Å²) < 4.78 is 15.0. The third kappa shape index (κ3) is 2.92. The highest BCUT2D eigenvalue weighted by Crippen LogP contribution is 2.37. The van der Waals surface area contributed by atoms with Gasteiger partial charge >= 0.3 is 0 Å². The van der Waals surface area contributed by atoms with Crippen molar-refractivity contribution < 1.29 is 9.47 Å². The lowest BCUT2D eigenvalue weighted by atomic mass is 10.0. The van der Waals surface area contributed by atoms with Gasteiger partial charge in [0, 0.05) is 29.1 Å². The van der Waals surface area contributed by atoms with Gasteiger partial charge in [-0.1, -0.05) is 12.1 Å². The Hall–Kier alpha value is -2.40. The Morgan fingerprint density at radius 1 is 1.00 bits per heavy atom. The number of ether oxygens (including phenoxy) is 2. The van der Waals surface area contributed by atoms with Crippen molar-refractivity contribution in [3.05, 3.63) is 47.8 Å². The van der Waals surface area contributed by atoms with Crippen molar-refractivity contribution >= 4 is 11.5 Å². The molecule has 3 rings (SSSR count). The van der Waals surface area contributed by atoms with E-state index in [1.165, 1.54) is 11.5 Å². The summed E-state index contributed by atoms with van der Waals surface area (Å²) in [6, 6.07) is 9.94. The molecule has 118 valence electrons. The molecular weight excluding hydrogens is 308 g/mol. The maximum atomic E-state index is 5.47. The zero-order valence-corrected chi connectivity index (χ0v) is 14.4. The second-order valence-corrected chi connectivity index (χ2v) is 6.02. The standard InChI is InChI=1S/C18H18N2O2S/c1-11-12(2)20-16(9-17(11)22-4)18-15(10-19-23-18)13-5-7-14(21-3)8-6-13/h5-10H,1-4H3. The molecule has 0 saturated heterocycles. The van der Waals surface area contributed by atoms with Gasteiger partial charge in [0.05, 0.1) is 24.8 Å². The van der Waals surface area contributed by atoms with Crippen molar-refractivity contribution in [2.24, 2.45) is 0 Å². The molecule has 0 aliphatic rings. The number of hydrogen-bond donors (Lipinski definition) is 0. The van der Waals surface area contributed by atoms with Gasteiger partial charge in [0.15, 0.2) is 0 Å². The van der Waals surface area contributed by atoms with E-state index >= 15 is 0 Å². The molecule has 2 aromatic heterocycles. The molecular formula is C18H18N2O2S. The monoisotopic (exact) mass is 326 g/mol. The first kappa shape index (κ1) is 15.5. The van der Waals surface area contributed by atoms with Gasteiger partial charge in [-0.2, -0.15) is 4.37 Å². The molecule has 0 amide bonds. The van der Waals surface area contributed by atoms with Crippen LogP contribution >= 0.6 is 11.5 Å². The van der Waals surface area contributed by atoms with E-state index in [1.807, 2.05) is 50.4 Å². The quantitative estimate of drug-likeness (QED) is 0.708. The van der Waals surface area contributed by atoms with Crippen LogP contribution in [0.15, 0.2) is 36.5 Å². The summed E-state index contributed by atoms with van der Waals surface area (Å²) in [5.74, 6) is 1.69. The molecule has 0 saturated carbocycles. The number of benzene rings is 1. The van der Waals surface area contributed by atoms with Gasteiger partial charge in [-0.3, -0.25) is 4.98 Å². The van der Waals surface area contributed by atoms with Crippen LogP contribution in [0, 0.1) is 13.8 Å². The van der Waals surface area contributed by atoms with Crippen molar-refractivity contribution in [1.82, 2.24) is 9.36 Å². The molecule has 0 fully saturated rings. The average Bonchev–Trinajstić information content (AvgIpc) is 3.07. The van der Waals surface area contributed by atoms with Gasteiger partial charge in [-0.15, -0.1) is 0 Å². The number of rotatable bonds is 4. The van der Waals surface area contributed by atoms with Gasteiger partial charge < -0.3 is 9.47 Å². The third-order valence-corrected chi connectivity index (χ3v) is 4.71. The first-order chi connectivity index (χ1) is 11.1. The largest absolute Gasteiger partial charge is 0.497 e. The van der Waals surface area contributed by atoms with Crippen LogP contribution in [0.4, 0.5) is 0 Å². The Kier molecular flexibility index (Phi) is 4.30. The van der Waals surface area contributed by atoms with Crippen molar-refractivity contribution in [2.75, 3.05) is 14.2 Å². The maximum Gasteiger partial charge on any atom is 0.125 e. The van der Waals surface area contributed by atoms with Gasteiger partial charge in [-0.25, -0.2) is 0 Å². The number of aromatic nitrogens is 2. The summed E-state index contributed by atoms with van der Waals surface area (Å²) in [5, 5.41) is 0. The van der Waals surface area contributed by atoms with Crippen LogP contribution in [-0.4, -0.2) is 23.6 Å². The van der Waals surface area contributed by atoms with Crippen molar-refractivity contribution in [3.63, 3.8) is 0 Å². The molecule has 0 spiro atoms. The van der Waals surface area contributed by atoms with Crippen LogP contribution in [0.2, 0.25) is 0 Å². The lowest BCUT2D eigenvalue weighted by molar-refractivity contribution is 0.411. The molecule has 0 radical (unpaired) electrons. The zero-order chi connectivity index (χ0) is 16.4. The smallest absolute Gasteiger partial charge is 0.125 e. The van der Waals surface area contributed by atoms with Gasteiger partial charge in [0.1, 0.15) is 11.5 Å². The highest BCUT2D eigenvalue weighted by Gasteiger charge is 2.15. The topological polar surface area (TPSA) is 44.2 Å². The zero-order valence-electron chi connectivity index (χ0n) is 13.6. The summed E-state index contributed by atoms with van der Waals surface area (Å²) in [5.41, 5.74) is 5.07. The molecule has 0 N–H and O–H groups in total. The summed E-state index contributed by atoms with van der Waals surface area (Å²) in [7, 11) is 3.35. The first-order valence-corrected chi connectivity index (χ1v) is 8.03. The molecule has 0 unspecified atom stereocenters. The van der Waals surface area contributed by atoms with E-state index in [4.69, 9.17) is 14.5 Å². The SMILES string of the molecule is COc1ccc(-c2cnsc2-c2cc(OC)c(C)c(C)n2)cc1. The Balaban J connectivity index is 2.09. The Bertz CT molecular complexity index is 826. The predicted octanol–water partition coefficient (Wildman–Crippen LogP) is 4.51. The van der Waals surface area contributed by atoms with Crippen LogP contribution < -0.4 is 9.47 Å². The third-order valence-electron chi connectivity index (χ3n) is 3.89. The van der Waals surface area contributed by atoms with Crippen LogP contribution in [0.25, 0.3) is 21.7 Å². The Morgan fingerprint density at radius 2 is 1.74 bits per heavy atom. The number of hydrogen-bond acceptors (Lipinski definition) is 5. The average molecular weight is 326 g/mol.